The molecule has 0 bridgehead atoms. The van der Waals surface area contributed by atoms with Crippen LogP contribution in [0.2, 0.25) is 0 Å². The highest BCUT2D eigenvalue weighted by molar-refractivity contribution is 7.10. The smallest absolute Gasteiger partial charge is 0.308 e. The predicted octanol–water partition coefficient (Wildman–Crippen LogP) is 0.588. The highest BCUT2D eigenvalue weighted by Gasteiger charge is 2.24. The fourth-order valence-corrected chi connectivity index (χ4v) is 2.23. The number of hydrogen-bond acceptors (Lipinski definition) is 6. The molecule has 0 amide bonds. The Balaban J connectivity index is 2.63. The molecule has 1 aromatic rings. The van der Waals surface area contributed by atoms with E-state index >= 15 is 0 Å². The maximum atomic E-state index is 11.1. The molecule has 0 fully saturated rings. The normalized spacial score (nSPS) is 14.4. The largest absolute Gasteiger partial charge is 0.466 e. The minimum absolute atomic E-state index is 0.198. The zero-order valence-corrected chi connectivity index (χ0v) is 10.3. The van der Waals surface area contributed by atoms with Gasteiger partial charge in [-0.2, -0.15) is 0 Å². The molecule has 1 heterocycles. The Hall–Kier alpha value is -0.950. The summed E-state index contributed by atoms with van der Waals surface area (Å²) in [4.78, 5) is 11.7. The Morgan fingerprint density at radius 1 is 1.53 bits per heavy atom. The maximum Gasteiger partial charge on any atom is 0.308 e. The lowest BCUT2D eigenvalue weighted by atomic mass is 10.0. The predicted molar refractivity (Wildman–Crippen MR) is 62.5 cm³/mol. The summed E-state index contributed by atoms with van der Waals surface area (Å²) in [5.74, 6) is -0.556. The second kappa shape index (κ2) is 6.70. The molecule has 5 nitrogen and oxygen atoms in total. The molecule has 0 aliphatic rings. The molecular formula is C11H16O5S. The van der Waals surface area contributed by atoms with Crippen LogP contribution in [0.5, 0.6) is 0 Å². The Bertz CT molecular complexity index is 362. The number of thiophene rings is 1. The van der Waals surface area contributed by atoms with Gasteiger partial charge in [-0.25, -0.2) is 0 Å². The molecule has 2 unspecified atom stereocenters. The van der Waals surface area contributed by atoms with Gasteiger partial charge in [0.1, 0.15) is 6.10 Å². The lowest BCUT2D eigenvalue weighted by Crippen LogP contribution is -2.23. The summed E-state index contributed by atoms with van der Waals surface area (Å²) in [6.07, 6.45) is -2.68. The van der Waals surface area contributed by atoms with Gasteiger partial charge >= 0.3 is 5.97 Å². The average Bonchev–Trinajstić information content (AvgIpc) is 2.76. The van der Waals surface area contributed by atoms with E-state index in [9.17, 15) is 15.0 Å². The first-order valence-electron chi connectivity index (χ1n) is 5.29. The van der Waals surface area contributed by atoms with E-state index in [-0.39, 0.29) is 19.6 Å². The maximum absolute atomic E-state index is 11.1. The number of carbonyl (C=O) groups is 1. The third-order valence-electron chi connectivity index (χ3n) is 2.29. The van der Waals surface area contributed by atoms with E-state index in [1.807, 2.05) is 0 Å². The van der Waals surface area contributed by atoms with Gasteiger partial charge < -0.3 is 20.1 Å². The summed E-state index contributed by atoms with van der Waals surface area (Å²) in [6, 6.07) is 1.62. The van der Waals surface area contributed by atoms with Crippen molar-refractivity contribution in [3.63, 3.8) is 0 Å². The molecule has 1 aromatic heterocycles. The molecule has 6 heteroatoms. The number of aliphatic hydroxyl groups is 3. The van der Waals surface area contributed by atoms with Crippen LogP contribution in [-0.4, -0.2) is 34.0 Å². The molecule has 3 N–H and O–H groups in total. The Morgan fingerprint density at radius 3 is 2.82 bits per heavy atom. The van der Waals surface area contributed by atoms with E-state index in [4.69, 9.17) is 5.11 Å². The van der Waals surface area contributed by atoms with Gasteiger partial charge in [0.15, 0.2) is 0 Å². The van der Waals surface area contributed by atoms with Gasteiger partial charge in [-0.05, 0) is 23.9 Å². The van der Waals surface area contributed by atoms with Crippen molar-refractivity contribution in [2.75, 3.05) is 6.61 Å². The van der Waals surface area contributed by atoms with Crippen LogP contribution in [-0.2, 0) is 16.1 Å². The molecule has 1 rings (SSSR count). The van der Waals surface area contributed by atoms with Crippen LogP contribution in [0.3, 0.4) is 0 Å². The Morgan fingerprint density at radius 2 is 2.24 bits per heavy atom. The number of aliphatic hydroxyl groups excluding tert-OH is 3. The van der Waals surface area contributed by atoms with Crippen molar-refractivity contribution >= 4 is 17.3 Å². The van der Waals surface area contributed by atoms with Crippen LogP contribution in [0, 0.1) is 0 Å². The van der Waals surface area contributed by atoms with Crippen molar-refractivity contribution in [1.82, 2.24) is 0 Å². The van der Waals surface area contributed by atoms with Gasteiger partial charge in [-0.1, -0.05) is 0 Å². The Kier molecular flexibility index (Phi) is 5.57. The molecule has 2 atom stereocenters. The van der Waals surface area contributed by atoms with Crippen molar-refractivity contribution < 1.29 is 24.9 Å². The zero-order chi connectivity index (χ0) is 12.8. The van der Waals surface area contributed by atoms with Gasteiger partial charge in [0, 0.05) is 4.88 Å². The van der Waals surface area contributed by atoms with Gasteiger partial charge in [-0.3, -0.25) is 4.79 Å². The van der Waals surface area contributed by atoms with Gasteiger partial charge in [-0.15, -0.1) is 11.3 Å². The molecule has 96 valence electrons. The first kappa shape index (κ1) is 14.1. The molecule has 17 heavy (non-hydrogen) atoms. The summed E-state index contributed by atoms with van der Waals surface area (Å²) in [7, 11) is 0. The van der Waals surface area contributed by atoms with Crippen molar-refractivity contribution in [3.8, 4) is 0 Å². The van der Waals surface area contributed by atoms with Gasteiger partial charge in [0.05, 0.1) is 25.7 Å². The molecule has 0 aliphatic carbocycles. The van der Waals surface area contributed by atoms with E-state index in [1.54, 1.807) is 18.4 Å². The molecular weight excluding hydrogens is 244 g/mol. The quantitative estimate of drug-likeness (QED) is 0.652. The van der Waals surface area contributed by atoms with Gasteiger partial charge in [0.2, 0.25) is 0 Å². The summed E-state index contributed by atoms with van der Waals surface area (Å²) in [6.45, 7) is 1.71. The Labute approximate surface area is 103 Å². The van der Waals surface area contributed by atoms with E-state index in [0.29, 0.717) is 10.4 Å². The van der Waals surface area contributed by atoms with Crippen LogP contribution in [0.4, 0.5) is 0 Å². The summed E-state index contributed by atoms with van der Waals surface area (Å²) in [5, 5.41) is 30.3. The topological polar surface area (TPSA) is 87.0 Å². The van der Waals surface area contributed by atoms with Crippen molar-refractivity contribution in [3.05, 3.63) is 21.9 Å². The zero-order valence-electron chi connectivity index (χ0n) is 9.50. The third kappa shape index (κ3) is 3.78. The molecule has 0 spiro atoms. The first-order chi connectivity index (χ1) is 8.10. The molecule has 0 saturated carbocycles. The van der Waals surface area contributed by atoms with Crippen molar-refractivity contribution in [2.24, 2.45) is 0 Å². The molecule has 0 saturated heterocycles. The van der Waals surface area contributed by atoms with E-state index < -0.39 is 18.2 Å². The third-order valence-corrected chi connectivity index (χ3v) is 3.21. The minimum atomic E-state index is -1.23. The SMILES string of the molecule is CCOC(=O)CC(O)C(O)c1ccsc1CO. The molecule has 0 radical (unpaired) electrons. The van der Waals surface area contributed by atoms with E-state index in [1.165, 1.54) is 11.3 Å². The second-order valence-electron chi connectivity index (χ2n) is 3.48. The summed E-state index contributed by atoms with van der Waals surface area (Å²) in [5.41, 5.74) is 0.453. The highest BCUT2D eigenvalue weighted by Crippen LogP contribution is 2.27. The monoisotopic (exact) mass is 260 g/mol. The first-order valence-corrected chi connectivity index (χ1v) is 6.17. The lowest BCUT2D eigenvalue weighted by Gasteiger charge is -2.17. The second-order valence-corrected chi connectivity index (χ2v) is 4.48. The van der Waals surface area contributed by atoms with E-state index in [0.717, 1.165) is 0 Å². The number of rotatable bonds is 6. The van der Waals surface area contributed by atoms with Gasteiger partial charge in [0.25, 0.3) is 0 Å². The van der Waals surface area contributed by atoms with Crippen molar-refractivity contribution in [2.45, 2.75) is 32.2 Å². The average molecular weight is 260 g/mol. The standard InChI is InChI=1S/C11H16O5S/c1-2-16-10(14)5-8(13)11(15)7-3-4-17-9(7)6-12/h3-4,8,11-13,15H,2,5-6H2,1H3. The number of esters is 1. The number of carbonyl (C=O) groups excluding carboxylic acids is 1. The number of ether oxygens (including phenoxy) is 1. The van der Waals surface area contributed by atoms with Crippen LogP contribution in [0.25, 0.3) is 0 Å². The summed E-state index contributed by atoms with van der Waals surface area (Å²) >= 11 is 1.29. The van der Waals surface area contributed by atoms with Crippen LogP contribution in [0.1, 0.15) is 29.9 Å². The van der Waals surface area contributed by atoms with Crippen LogP contribution in [0.15, 0.2) is 11.4 Å². The van der Waals surface area contributed by atoms with Crippen LogP contribution >= 0.6 is 11.3 Å². The molecule has 0 aromatic carbocycles. The van der Waals surface area contributed by atoms with E-state index in [2.05, 4.69) is 4.74 Å². The van der Waals surface area contributed by atoms with Crippen molar-refractivity contribution in [1.29, 1.82) is 0 Å². The minimum Gasteiger partial charge on any atom is -0.466 e. The number of hydrogen-bond donors (Lipinski definition) is 3. The fourth-order valence-electron chi connectivity index (χ4n) is 1.45. The fraction of sp³-hybridized carbons (Fsp3) is 0.545. The summed E-state index contributed by atoms with van der Waals surface area (Å²) < 4.78 is 4.68. The van der Waals surface area contributed by atoms with Crippen LogP contribution < -0.4 is 0 Å². The highest BCUT2D eigenvalue weighted by atomic mass is 32.1. The molecule has 0 aliphatic heterocycles. The lowest BCUT2D eigenvalue weighted by molar-refractivity contribution is -0.147.